The highest BCUT2D eigenvalue weighted by Crippen LogP contribution is 2.28. The van der Waals surface area contributed by atoms with E-state index in [4.69, 9.17) is 5.73 Å². The lowest BCUT2D eigenvalue weighted by atomic mass is 9.83. The molecule has 3 nitrogen and oxygen atoms in total. The van der Waals surface area contributed by atoms with Gasteiger partial charge in [-0.3, -0.25) is 4.79 Å². The zero-order chi connectivity index (χ0) is 15.5. The average Bonchev–Trinajstić information content (AvgIpc) is 2.49. The third-order valence-corrected chi connectivity index (χ3v) is 3.80. The zero-order valence-corrected chi connectivity index (χ0v) is 12.8. The largest absolute Gasteiger partial charge is 0.399 e. The Kier molecular flexibility index (Phi) is 4.32. The third kappa shape index (κ3) is 3.07. The number of likely N-dealkylation sites (N-methyl/N-ethyl adjacent to an activating group) is 1. The van der Waals surface area contributed by atoms with Crippen molar-refractivity contribution in [3.63, 3.8) is 0 Å². The van der Waals surface area contributed by atoms with Gasteiger partial charge in [0.15, 0.2) is 0 Å². The molecule has 3 heteroatoms. The summed E-state index contributed by atoms with van der Waals surface area (Å²) in [6, 6.07) is 17.3. The van der Waals surface area contributed by atoms with Gasteiger partial charge in [0, 0.05) is 17.9 Å². The molecule has 0 fully saturated rings. The molecule has 2 N–H and O–H groups in total. The number of nitrogen functional groups attached to an aromatic ring is 1. The maximum absolute atomic E-state index is 13.0. The lowest BCUT2D eigenvalue weighted by Gasteiger charge is -2.32. The summed E-state index contributed by atoms with van der Waals surface area (Å²) in [4.78, 5) is 14.8. The van der Waals surface area contributed by atoms with Gasteiger partial charge >= 0.3 is 0 Å². The summed E-state index contributed by atoms with van der Waals surface area (Å²) in [6.07, 6.45) is 0. The Labute approximate surface area is 126 Å². The minimum absolute atomic E-state index is 0.0842. The number of carbonyl (C=O) groups excluding carboxylic acids is 1. The number of hydrogen-bond donors (Lipinski definition) is 1. The van der Waals surface area contributed by atoms with Gasteiger partial charge in [-0.1, -0.05) is 30.3 Å². The average molecular weight is 282 g/mol. The number of nitrogens with zero attached hydrogens (tertiary/aromatic N) is 1. The van der Waals surface area contributed by atoms with Crippen LogP contribution in [-0.2, 0) is 10.2 Å². The first-order valence-electron chi connectivity index (χ1n) is 7.20. The first-order chi connectivity index (χ1) is 9.96. The van der Waals surface area contributed by atoms with Gasteiger partial charge in [0.05, 0.1) is 5.41 Å². The quantitative estimate of drug-likeness (QED) is 0.871. The van der Waals surface area contributed by atoms with Crippen molar-refractivity contribution in [3.05, 3.63) is 60.2 Å². The predicted molar refractivity (Wildman–Crippen MR) is 88.3 cm³/mol. The van der Waals surface area contributed by atoms with E-state index in [1.165, 1.54) is 0 Å². The Morgan fingerprint density at radius 1 is 1.05 bits per heavy atom. The van der Waals surface area contributed by atoms with E-state index in [0.717, 1.165) is 11.3 Å². The molecule has 0 aliphatic carbocycles. The molecule has 0 aliphatic heterocycles. The highest BCUT2D eigenvalue weighted by Gasteiger charge is 2.33. The Hall–Kier alpha value is -2.29. The Morgan fingerprint density at radius 2 is 1.62 bits per heavy atom. The number of benzene rings is 2. The molecule has 21 heavy (non-hydrogen) atoms. The summed E-state index contributed by atoms with van der Waals surface area (Å²) < 4.78 is 0. The second-order valence-corrected chi connectivity index (χ2v) is 5.63. The van der Waals surface area contributed by atoms with Crippen molar-refractivity contribution in [2.24, 2.45) is 0 Å². The standard InChI is InChI=1S/C18H22N2O/c1-4-20(16-8-6-5-7-9-16)17(21)18(2,3)14-10-12-15(19)13-11-14/h5-13H,4,19H2,1-3H3. The molecular formula is C18H22N2O. The lowest BCUT2D eigenvalue weighted by Crippen LogP contribution is -2.43. The highest BCUT2D eigenvalue weighted by molar-refractivity contribution is 6.00. The molecule has 0 spiro atoms. The topological polar surface area (TPSA) is 46.3 Å². The first-order valence-corrected chi connectivity index (χ1v) is 7.20. The van der Waals surface area contributed by atoms with Gasteiger partial charge in [0.25, 0.3) is 0 Å². The van der Waals surface area contributed by atoms with E-state index in [-0.39, 0.29) is 5.91 Å². The van der Waals surface area contributed by atoms with Crippen molar-refractivity contribution in [3.8, 4) is 0 Å². The Morgan fingerprint density at radius 3 is 2.14 bits per heavy atom. The number of hydrogen-bond acceptors (Lipinski definition) is 2. The summed E-state index contributed by atoms with van der Waals surface area (Å²) >= 11 is 0. The van der Waals surface area contributed by atoms with E-state index in [1.54, 1.807) is 0 Å². The molecule has 0 aromatic heterocycles. The van der Waals surface area contributed by atoms with Crippen LogP contribution < -0.4 is 10.6 Å². The number of carbonyl (C=O) groups is 1. The second-order valence-electron chi connectivity index (χ2n) is 5.63. The van der Waals surface area contributed by atoms with E-state index in [1.807, 2.05) is 80.3 Å². The molecular weight excluding hydrogens is 260 g/mol. The molecule has 0 atom stereocenters. The van der Waals surface area contributed by atoms with Crippen molar-refractivity contribution in [1.82, 2.24) is 0 Å². The Balaban J connectivity index is 2.34. The van der Waals surface area contributed by atoms with Crippen LogP contribution in [0.15, 0.2) is 54.6 Å². The first kappa shape index (κ1) is 15.1. The molecule has 0 aliphatic rings. The van der Waals surface area contributed by atoms with Crippen LogP contribution in [0.2, 0.25) is 0 Å². The molecule has 0 bridgehead atoms. The van der Waals surface area contributed by atoms with Crippen LogP contribution in [0.4, 0.5) is 11.4 Å². The van der Waals surface area contributed by atoms with E-state index in [2.05, 4.69) is 0 Å². The van der Waals surface area contributed by atoms with Crippen LogP contribution in [0, 0.1) is 0 Å². The number of para-hydroxylation sites is 1. The van der Waals surface area contributed by atoms with Crippen molar-refractivity contribution in [1.29, 1.82) is 0 Å². The number of anilines is 2. The third-order valence-electron chi connectivity index (χ3n) is 3.80. The number of amides is 1. The minimum Gasteiger partial charge on any atom is -0.399 e. The molecule has 110 valence electrons. The lowest BCUT2D eigenvalue weighted by molar-refractivity contribution is -0.123. The molecule has 2 aromatic carbocycles. The predicted octanol–water partition coefficient (Wildman–Crippen LogP) is 3.60. The van der Waals surface area contributed by atoms with Crippen LogP contribution in [0.25, 0.3) is 0 Å². The molecule has 0 radical (unpaired) electrons. The molecule has 0 saturated heterocycles. The second kappa shape index (κ2) is 6.00. The SMILES string of the molecule is CCN(C(=O)C(C)(C)c1ccc(N)cc1)c1ccccc1. The van der Waals surface area contributed by atoms with Gasteiger partial charge in [-0.25, -0.2) is 0 Å². The summed E-state index contributed by atoms with van der Waals surface area (Å²) in [5.74, 6) is 0.0842. The van der Waals surface area contributed by atoms with Gasteiger partial charge in [-0.15, -0.1) is 0 Å². The molecule has 0 heterocycles. The van der Waals surface area contributed by atoms with E-state index < -0.39 is 5.41 Å². The van der Waals surface area contributed by atoms with Crippen molar-refractivity contribution in [2.75, 3.05) is 17.2 Å². The van der Waals surface area contributed by atoms with E-state index >= 15 is 0 Å². The van der Waals surface area contributed by atoms with E-state index in [0.29, 0.717) is 12.2 Å². The van der Waals surface area contributed by atoms with Crippen molar-refractivity contribution in [2.45, 2.75) is 26.2 Å². The van der Waals surface area contributed by atoms with Crippen LogP contribution in [0.3, 0.4) is 0 Å². The smallest absolute Gasteiger partial charge is 0.237 e. The molecule has 2 rings (SSSR count). The van der Waals surface area contributed by atoms with Crippen LogP contribution in [0.5, 0.6) is 0 Å². The monoisotopic (exact) mass is 282 g/mol. The fourth-order valence-electron chi connectivity index (χ4n) is 2.41. The van der Waals surface area contributed by atoms with Gasteiger partial charge in [-0.05, 0) is 50.6 Å². The molecule has 1 amide bonds. The normalized spacial score (nSPS) is 11.2. The minimum atomic E-state index is -0.598. The van der Waals surface area contributed by atoms with E-state index in [9.17, 15) is 4.79 Å². The van der Waals surface area contributed by atoms with Gasteiger partial charge in [0.1, 0.15) is 0 Å². The fraction of sp³-hybridized carbons (Fsp3) is 0.278. The Bertz CT molecular complexity index is 603. The fourth-order valence-corrected chi connectivity index (χ4v) is 2.41. The van der Waals surface area contributed by atoms with Crippen LogP contribution in [-0.4, -0.2) is 12.5 Å². The summed E-state index contributed by atoms with van der Waals surface area (Å²) in [6.45, 7) is 6.53. The van der Waals surface area contributed by atoms with Crippen molar-refractivity contribution < 1.29 is 4.79 Å². The molecule has 0 unspecified atom stereocenters. The summed E-state index contributed by atoms with van der Waals surface area (Å²) in [5.41, 5.74) is 7.73. The molecule has 0 saturated carbocycles. The molecule has 2 aromatic rings. The zero-order valence-electron chi connectivity index (χ0n) is 12.8. The number of rotatable bonds is 4. The maximum atomic E-state index is 13.0. The maximum Gasteiger partial charge on any atom is 0.237 e. The van der Waals surface area contributed by atoms with Crippen molar-refractivity contribution >= 4 is 17.3 Å². The van der Waals surface area contributed by atoms with Gasteiger partial charge < -0.3 is 10.6 Å². The van der Waals surface area contributed by atoms with Gasteiger partial charge in [0.2, 0.25) is 5.91 Å². The number of nitrogens with two attached hydrogens (primary N) is 1. The van der Waals surface area contributed by atoms with Crippen LogP contribution in [0.1, 0.15) is 26.3 Å². The highest BCUT2D eigenvalue weighted by atomic mass is 16.2. The summed E-state index contributed by atoms with van der Waals surface area (Å²) in [7, 11) is 0. The summed E-state index contributed by atoms with van der Waals surface area (Å²) in [5, 5.41) is 0. The van der Waals surface area contributed by atoms with Crippen LogP contribution >= 0.6 is 0 Å². The van der Waals surface area contributed by atoms with Gasteiger partial charge in [-0.2, -0.15) is 0 Å².